The molecule has 0 amide bonds. The van der Waals surface area contributed by atoms with E-state index in [0.717, 1.165) is 66.6 Å². The van der Waals surface area contributed by atoms with Gasteiger partial charge in [0.05, 0.1) is 28.9 Å². The predicted molar refractivity (Wildman–Crippen MR) is 195 cm³/mol. The van der Waals surface area contributed by atoms with Crippen LogP contribution in [-0.2, 0) is 18.0 Å². The largest absolute Gasteiger partial charge is 0.473 e. The fourth-order valence-electron chi connectivity index (χ4n) is 7.16. The van der Waals surface area contributed by atoms with Crippen molar-refractivity contribution in [3.63, 3.8) is 0 Å². The van der Waals surface area contributed by atoms with E-state index in [4.69, 9.17) is 30.8 Å². The molecule has 5 heterocycles. The van der Waals surface area contributed by atoms with Gasteiger partial charge in [-0.3, -0.25) is 4.57 Å². The van der Waals surface area contributed by atoms with Crippen LogP contribution in [0.25, 0.3) is 16.7 Å². The van der Waals surface area contributed by atoms with Crippen LogP contribution in [0, 0.1) is 0 Å². The molecule has 1 atom stereocenters. The molecule has 2 fully saturated rings. The summed E-state index contributed by atoms with van der Waals surface area (Å²) in [5.41, 5.74) is 5.90. The van der Waals surface area contributed by atoms with Crippen LogP contribution in [0.15, 0.2) is 114 Å². The van der Waals surface area contributed by atoms with Crippen LogP contribution in [0.1, 0.15) is 48.3 Å². The molecule has 50 heavy (non-hydrogen) atoms. The van der Waals surface area contributed by atoms with Crippen LogP contribution in [0.5, 0.6) is 11.8 Å². The molecular weight excluding hydrogens is 650 g/mol. The highest BCUT2D eigenvalue weighted by Gasteiger charge is 2.40. The molecular formula is C40H38ClN5O4. The standard InChI is InChI=1S/C40H38ClN5O4/c41-35-16-14-30(24-42-35)31-18-19-40(50-27-31)20-22-45(23-21-40)32-12-7-13-33-37(32)44-39(47)46(33)34-15-17-36(48-25-28-8-3-1-4-9-28)43-38(34)49-26-29-10-5-2-6-11-29/h1-17,24,31H,18-23,25-27H2,(H,44,47). The van der Waals surface area contributed by atoms with Crippen LogP contribution >= 0.6 is 11.6 Å². The van der Waals surface area contributed by atoms with Crippen molar-refractivity contribution < 1.29 is 14.2 Å². The summed E-state index contributed by atoms with van der Waals surface area (Å²) in [6, 6.07) is 33.4. The topological polar surface area (TPSA) is 94.5 Å². The molecule has 2 saturated heterocycles. The lowest BCUT2D eigenvalue weighted by atomic mass is 9.80. The Hall–Kier alpha value is -5.12. The molecule has 254 valence electrons. The Balaban J connectivity index is 1.03. The monoisotopic (exact) mass is 687 g/mol. The van der Waals surface area contributed by atoms with E-state index in [2.05, 4.69) is 27.0 Å². The third-order valence-electron chi connectivity index (χ3n) is 9.98. The predicted octanol–water partition coefficient (Wildman–Crippen LogP) is 7.85. The normalized spacial score (nSPS) is 17.2. The molecule has 2 aliphatic rings. The molecule has 0 bridgehead atoms. The number of ether oxygens (including phenoxy) is 3. The van der Waals surface area contributed by atoms with Crippen LogP contribution < -0.4 is 20.1 Å². The number of hydrogen-bond donors (Lipinski definition) is 1. The third kappa shape index (κ3) is 6.71. The highest BCUT2D eigenvalue weighted by atomic mass is 35.5. The van der Waals surface area contributed by atoms with E-state index in [1.54, 1.807) is 10.6 Å². The van der Waals surface area contributed by atoms with Crippen molar-refractivity contribution in [1.29, 1.82) is 0 Å². The Morgan fingerprint density at radius 3 is 2.24 bits per heavy atom. The Morgan fingerprint density at radius 2 is 1.56 bits per heavy atom. The first-order valence-corrected chi connectivity index (χ1v) is 17.5. The zero-order chi connectivity index (χ0) is 33.9. The van der Waals surface area contributed by atoms with E-state index in [9.17, 15) is 4.79 Å². The van der Waals surface area contributed by atoms with E-state index in [1.807, 2.05) is 91.1 Å². The maximum atomic E-state index is 13.7. The van der Waals surface area contributed by atoms with Crippen LogP contribution in [0.2, 0.25) is 5.15 Å². The van der Waals surface area contributed by atoms with E-state index in [0.29, 0.717) is 48.3 Å². The summed E-state index contributed by atoms with van der Waals surface area (Å²) in [6.07, 6.45) is 5.79. The second kappa shape index (κ2) is 14.0. The number of aromatic nitrogens is 4. The average Bonchev–Trinajstić information content (AvgIpc) is 3.50. The summed E-state index contributed by atoms with van der Waals surface area (Å²) in [5.74, 6) is 1.06. The molecule has 6 aromatic rings. The van der Waals surface area contributed by atoms with Gasteiger partial charge in [-0.2, -0.15) is 4.98 Å². The van der Waals surface area contributed by atoms with Crippen LogP contribution in [0.3, 0.4) is 0 Å². The van der Waals surface area contributed by atoms with Crippen molar-refractivity contribution in [2.45, 2.75) is 50.4 Å². The first-order chi connectivity index (χ1) is 24.5. The van der Waals surface area contributed by atoms with Gasteiger partial charge in [0.2, 0.25) is 11.8 Å². The second-order valence-corrected chi connectivity index (χ2v) is 13.5. The Bertz CT molecular complexity index is 2120. The molecule has 0 saturated carbocycles. The zero-order valence-electron chi connectivity index (χ0n) is 27.6. The van der Waals surface area contributed by atoms with Crippen LogP contribution in [0.4, 0.5) is 5.69 Å². The van der Waals surface area contributed by atoms with Gasteiger partial charge in [0.15, 0.2) is 0 Å². The van der Waals surface area contributed by atoms with Gasteiger partial charge in [0, 0.05) is 31.3 Å². The minimum absolute atomic E-state index is 0.124. The van der Waals surface area contributed by atoms with Gasteiger partial charge < -0.3 is 24.1 Å². The number of fused-ring (bicyclic) bond motifs is 1. The van der Waals surface area contributed by atoms with Gasteiger partial charge in [-0.25, -0.2) is 9.78 Å². The zero-order valence-corrected chi connectivity index (χ0v) is 28.4. The lowest BCUT2D eigenvalue weighted by molar-refractivity contribution is -0.100. The molecule has 1 spiro atoms. The molecule has 10 heteroatoms. The van der Waals surface area contributed by atoms with Crippen molar-refractivity contribution in [2.75, 3.05) is 24.6 Å². The highest BCUT2D eigenvalue weighted by molar-refractivity contribution is 6.29. The highest BCUT2D eigenvalue weighted by Crippen LogP contribution is 2.41. The molecule has 1 unspecified atom stereocenters. The first-order valence-electron chi connectivity index (χ1n) is 17.1. The third-order valence-corrected chi connectivity index (χ3v) is 10.2. The van der Waals surface area contributed by atoms with Gasteiger partial charge in [-0.1, -0.05) is 84.4 Å². The number of benzene rings is 3. The minimum atomic E-state index is -0.261. The van der Waals surface area contributed by atoms with E-state index >= 15 is 0 Å². The number of pyridine rings is 2. The van der Waals surface area contributed by atoms with Gasteiger partial charge in [0.25, 0.3) is 0 Å². The van der Waals surface area contributed by atoms with Crippen molar-refractivity contribution in [1.82, 2.24) is 19.5 Å². The van der Waals surface area contributed by atoms with E-state index in [1.165, 1.54) is 5.56 Å². The summed E-state index contributed by atoms with van der Waals surface area (Å²) >= 11 is 6.00. The number of para-hydroxylation sites is 1. The minimum Gasteiger partial charge on any atom is -0.473 e. The maximum Gasteiger partial charge on any atom is 0.331 e. The number of aromatic amines is 1. The number of nitrogens with zero attached hydrogens (tertiary/aromatic N) is 4. The lowest BCUT2D eigenvalue weighted by Gasteiger charge is -2.46. The molecule has 9 nitrogen and oxygen atoms in total. The quantitative estimate of drug-likeness (QED) is 0.155. The molecule has 0 radical (unpaired) electrons. The lowest BCUT2D eigenvalue weighted by Crippen LogP contribution is -2.48. The number of piperidine rings is 1. The van der Waals surface area contributed by atoms with E-state index in [-0.39, 0.29) is 11.3 Å². The van der Waals surface area contributed by atoms with Gasteiger partial charge in [0.1, 0.15) is 24.1 Å². The number of nitrogens with one attached hydrogen (secondary N) is 1. The summed E-state index contributed by atoms with van der Waals surface area (Å²) in [5, 5.41) is 0.511. The molecule has 3 aromatic heterocycles. The average molecular weight is 688 g/mol. The number of hydrogen-bond acceptors (Lipinski definition) is 7. The van der Waals surface area contributed by atoms with Gasteiger partial charge >= 0.3 is 5.69 Å². The van der Waals surface area contributed by atoms with Crippen LogP contribution in [-0.4, -0.2) is 44.8 Å². The smallest absolute Gasteiger partial charge is 0.331 e. The fraction of sp³-hybridized carbons (Fsp3) is 0.275. The molecule has 1 N–H and O–H groups in total. The Kier molecular flexibility index (Phi) is 9.00. The summed E-state index contributed by atoms with van der Waals surface area (Å²) in [4.78, 5) is 28.3. The SMILES string of the molecule is O=c1[nH]c2c(N3CCC4(CCC(c5ccc(Cl)nc5)CO4)CC3)cccc2n1-c1ccc(OCc2ccccc2)nc1OCc1ccccc1. The van der Waals surface area contributed by atoms with Crippen molar-refractivity contribution >= 4 is 28.3 Å². The molecule has 8 rings (SSSR count). The van der Waals surface area contributed by atoms with Crippen molar-refractivity contribution in [2.24, 2.45) is 0 Å². The van der Waals surface area contributed by atoms with Crippen molar-refractivity contribution in [3.05, 3.63) is 142 Å². The Labute approximate surface area is 295 Å². The number of H-pyrrole nitrogens is 1. The summed E-state index contributed by atoms with van der Waals surface area (Å²) in [7, 11) is 0. The van der Waals surface area contributed by atoms with Gasteiger partial charge in [-0.05, 0) is 66.6 Å². The molecule has 2 aliphatic heterocycles. The Morgan fingerprint density at radius 1 is 0.820 bits per heavy atom. The second-order valence-electron chi connectivity index (χ2n) is 13.1. The van der Waals surface area contributed by atoms with Crippen molar-refractivity contribution in [3.8, 4) is 17.4 Å². The van der Waals surface area contributed by atoms with E-state index < -0.39 is 0 Å². The number of rotatable bonds is 9. The summed E-state index contributed by atoms with van der Waals surface area (Å²) in [6.45, 7) is 3.01. The summed E-state index contributed by atoms with van der Waals surface area (Å²) < 4.78 is 20.6. The maximum absolute atomic E-state index is 13.7. The number of imidazole rings is 1. The molecule has 3 aromatic carbocycles. The number of halogens is 1. The molecule has 0 aliphatic carbocycles. The first kappa shape index (κ1) is 32.1. The van der Waals surface area contributed by atoms with Gasteiger partial charge in [-0.15, -0.1) is 0 Å². The number of anilines is 1. The fourth-order valence-corrected chi connectivity index (χ4v) is 7.27.